The number of sulfonamides is 1. The number of fused-ring (bicyclic) bond motifs is 1. The molecule has 0 spiro atoms. The van der Waals surface area contributed by atoms with Crippen LogP contribution in [-0.4, -0.2) is 56.3 Å². The van der Waals surface area contributed by atoms with Gasteiger partial charge in [-0.3, -0.25) is 4.79 Å². The molecule has 0 unspecified atom stereocenters. The van der Waals surface area contributed by atoms with Gasteiger partial charge in [0, 0.05) is 38.4 Å². The zero-order valence-electron chi connectivity index (χ0n) is 14.5. The van der Waals surface area contributed by atoms with Crippen LogP contribution in [0.25, 0.3) is 0 Å². The molecule has 7 heteroatoms. The maximum atomic E-state index is 12.9. The molecule has 2 aliphatic heterocycles. The number of hydrogen-bond donors (Lipinski definition) is 1. The maximum absolute atomic E-state index is 12.9. The van der Waals surface area contributed by atoms with Crippen LogP contribution in [0.5, 0.6) is 0 Å². The lowest BCUT2D eigenvalue weighted by Gasteiger charge is -2.37. The number of anilines is 1. The number of piperazine rings is 1. The van der Waals surface area contributed by atoms with Crippen LogP contribution in [0.2, 0.25) is 0 Å². The molecule has 0 bridgehead atoms. The number of hydrogen-bond acceptors (Lipinski definition) is 4. The van der Waals surface area contributed by atoms with E-state index in [1.54, 1.807) is 22.5 Å². The standard InChI is InChI=1S/C17H25N3O3S/c1-17(2,3)12-19-6-8-20(9-7-19)24(22,23)14-4-5-15-13(10-14)11-16(21)18-15/h4-5,10H,6-9,11-12H2,1-3H3,(H,18,21). The van der Waals surface area contributed by atoms with E-state index in [0.29, 0.717) is 18.8 Å². The molecular weight excluding hydrogens is 326 g/mol. The molecular formula is C17H25N3O3S. The SMILES string of the molecule is CC(C)(C)CN1CCN(S(=O)(=O)c2ccc3c(c2)CC(=O)N3)CC1. The molecule has 3 rings (SSSR count). The summed E-state index contributed by atoms with van der Waals surface area (Å²) in [6.45, 7) is 10.1. The van der Waals surface area contributed by atoms with E-state index in [9.17, 15) is 13.2 Å². The Morgan fingerprint density at radius 1 is 1.12 bits per heavy atom. The third-order valence-corrected chi connectivity index (χ3v) is 6.26. The van der Waals surface area contributed by atoms with Crippen LogP contribution in [0.15, 0.2) is 23.1 Å². The molecule has 0 aliphatic carbocycles. The number of nitrogens with one attached hydrogen (secondary N) is 1. The Hall–Kier alpha value is -1.44. The van der Waals surface area contributed by atoms with E-state index >= 15 is 0 Å². The van der Waals surface area contributed by atoms with Gasteiger partial charge in [0.15, 0.2) is 0 Å². The Labute approximate surface area is 143 Å². The predicted octanol–water partition coefficient (Wildman–Crippen LogP) is 1.53. The van der Waals surface area contributed by atoms with E-state index in [4.69, 9.17) is 0 Å². The quantitative estimate of drug-likeness (QED) is 0.897. The zero-order chi connectivity index (χ0) is 17.5. The van der Waals surface area contributed by atoms with Crippen LogP contribution in [0, 0.1) is 5.41 Å². The largest absolute Gasteiger partial charge is 0.326 e. The second-order valence-electron chi connectivity index (χ2n) is 7.78. The first-order valence-corrected chi connectivity index (χ1v) is 9.74. The molecule has 2 heterocycles. The summed E-state index contributed by atoms with van der Waals surface area (Å²) in [5, 5.41) is 2.73. The average molecular weight is 351 g/mol. The smallest absolute Gasteiger partial charge is 0.243 e. The predicted molar refractivity (Wildman–Crippen MR) is 93.4 cm³/mol. The summed E-state index contributed by atoms with van der Waals surface area (Å²) in [6, 6.07) is 4.90. The average Bonchev–Trinajstić information content (AvgIpc) is 2.85. The Bertz CT molecular complexity index is 745. The van der Waals surface area contributed by atoms with Gasteiger partial charge in [0.1, 0.15) is 0 Å². The van der Waals surface area contributed by atoms with Crippen LogP contribution >= 0.6 is 0 Å². The van der Waals surface area contributed by atoms with Crippen LogP contribution in [-0.2, 0) is 21.2 Å². The van der Waals surface area contributed by atoms with Gasteiger partial charge in [0.2, 0.25) is 15.9 Å². The summed E-state index contributed by atoms with van der Waals surface area (Å²) < 4.78 is 27.3. The van der Waals surface area contributed by atoms with Gasteiger partial charge in [-0.25, -0.2) is 8.42 Å². The van der Waals surface area contributed by atoms with Crippen LogP contribution < -0.4 is 5.32 Å². The minimum Gasteiger partial charge on any atom is -0.326 e. The molecule has 24 heavy (non-hydrogen) atoms. The highest BCUT2D eigenvalue weighted by Gasteiger charge is 2.31. The Morgan fingerprint density at radius 2 is 1.79 bits per heavy atom. The van der Waals surface area contributed by atoms with E-state index in [0.717, 1.165) is 25.2 Å². The van der Waals surface area contributed by atoms with Crippen molar-refractivity contribution in [1.82, 2.24) is 9.21 Å². The first-order valence-electron chi connectivity index (χ1n) is 8.30. The molecule has 0 saturated carbocycles. The second-order valence-corrected chi connectivity index (χ2v) is 9.72. The van der Waals surface area contributed by atoms with Crippen molar-refractivity contribution >= 4 is 21.6 Å². The van der Waals surface area contributed by atoms with E-state index in [1.807, 2.05) is 0 Å². The van der Waals surface area contributed by atoms with E-state index in [1.165, 1.54) is 0 Å². The number of amides is 1. The lowest BCUT2D eigenvalue weighted by molar-refractivity contribution is -0.115. The molecule has 2 aliphatic rings. The van der Waals surface area contributed by atoms with Crippen molar-refractivity contribution in [1.29, 1.82) is 0 Å². The van der Waals surface area contributed by atoms with Gasteiger partial charge in [0.05, 0.1) is 11.3 Å². The lowest BCUT2D eigenvalue weighted by atomic mass is 9.96. The summed E-state index contributed by atoms with van der Waals surface area (Å²) in [6.07, 6.45) is 0.248. The highest BCUT2D eigenvalue weighted by atomic mass is 32.2. The van der Waals surface area contributed by atoms with Gasteiger partial charge >= 0.3 is 0 Å². The van der Waals surface area contributed by atoms with Crippen molar-refractivity contribution in [3.05, 3.63) is 23.8 Å². The summed E-state index contributed by atoms with van der Waals surface area (Å²) in [4.78, 5) is 14.0. The van der Waals surface area contributed by atoms with Gasteiger partial charge in [-0.05, 0) is 29.2 Å². The van der Waals surface area contributed by atoms with Crippen molar-refractivity contribution in [2.75, 3.05) is 38.0 Å². The Balaban J connectivity index is 1.71. The van der Waals surface area contributed by atoms with Gasteiger partial charge in [0.25, 0.3) is 0 Å². The molecule has 6 nitrogen and oxygen atoms in total. The fourth-order valence-electron chi connectivity index (χ4n) is 3.31. The van der Waals surface area contributed by atoms with Gasteiger partial charge in [-0.2, -0.15) is 4.31 Å². The lowest BCUT2D eigenvalue weighted by Crippen LogP contribution is -2.50. The maximum Gasteiger partial charge on any atom is 0.243 e. The number of nitrogens with zero attached hydrogens (tertiary/aromatic N) is 2. The topological polar surface area (TPSA) is 69.7 Å². The van der Waals surface area contributed by atoms with E-state index in [2.05, 4.69) is 31.0 Å². The van der Waals surface area contributed by atoms with Crippen molar-refractivity contribution in [3.63, 3.8) is 0 Å². The van der Waals surface area contributed by atoms with Gasteiger partial charge in [-0.1, -0.05) is 20.8 Å². The van der Waals surface area contributed by atoms with Gasteiger partial charge in [-0.15, -0.1) is 0 Å². The minimum absolute atomic E-state index is 0.0876. The van der Waals surface area contributed by atoms with Crippen molar-refractivity contribution in [2.24, 2.45) is 5.41 Å². The highest BCUT2D eigenvalue weighted by molar-refractivity contribution is 7.89. The molecule has 0 aromatic heterocycles. The summed E-state index contributed by atoms with van der Waals surface area (Å²) >= 11 is 0. The monoisotopic (exact) mass is 351 g/mol. The van der Waals surface area contributed by atoms with Crippen molar-refractivity contribution < 1.29 is 13.2 Å². The Morgan fingerprint density at radius 3 is 2.42 bits per heavy atom. The molecule has 1 aromatic rings. The number of carbonyl (C=O) groups is 1. The first-order chi connectivity index (χ1) is 11.1. The number of rotatable bonds is 3. The van der Waals surface area contributed by atoms with E-state index < -0.39 is 10.0 Å². The van der Waals surface area contributed by atoms with E-state index in [-0.39, 0.29) is 22.6 Å². The third kappa shape index (κ3) is 3.63. The summed E-state index contributed by atoms with van der Waals surface area (Å²) in [5.74, 6) is -0.0876. The molecule has 1 N–H and O–H groups in total. The molecule has 132 valence electrons. The second kappa shape index (κ2) is 6.13. The summed E-state index contributed by atoms with van der Waals surface area (Å²) in [5.41, 5.74) is 1.68. The normalized spacial score (nSPS) is 20.0. The van der Waals surface area contributed by atoms with Gasteiger partial charge < -0.3 is 10.2 Å². The molecule has 1 aromatic carbocycles. The number of benzene rings is 1. The van der Waals surface area contributed by atoms with Crippen molar-refractivity contribution in [2.45, 2.75) is 32.1 Å². The zero-order valence-corrected chi connectivity index (χ0v) is 15.3. The summed E-state index contributed by atoms with van der Waals surface area (Å²) in [7, 11) is -3.50. The molecule has 1 fully saturated rings. The first kappa shape index (κ1) is 17.4. The van der Waals surface area contributed by atoms with Crippen molar-refractivity contribution in [3.8, 4) is 0 Å². The third-order valence-electron chi connectivity index (χ3n) is 4.37. The fourth-order valence-corrected chi connectivity index (χ4v) is 4.79. The molecule has 0 atom stereocenters. The molecule has 1 amide bonds. The van der Waals surface area contributed by atoms with Crippen LogP contribution in [0.1, 0.15) is 26.3 Å². The highest BCUT2D eigenvalue weighted by Crippen LogP contribution is 2.28. The van der Waals surface area contributed by atoms with Crippen LogP contribution in [0.3, 0.4) is 0 Å². The fraction of sp³-hybridized carbons (Fsp3) is 0.588. The Kier molecular flexibility index (Phi) is 4.44. The number of carbonyl (C=O) groups excluding carboxylic acids is 1. The molecule has 1 saturated heterocycles. The molecule has 0 radical (unpaired) electrons. The van der Waals surface area contributed by atoms with Crippen LogP contribution in [0.4, 0.5) is 5.69 Å². The minimum atomic E-state index is -3.50.